The molecule has 6 nitrogen and oxygen atoms in total. The summed E-state index contributed by atoms with van der Waals surface area (Å²) in [7, 11) is -12.3. The molecule has 11 heteroatoms. The van der Waals surface area contributed by atoms with Crippen molar-refractivity contribution in [2.75, 3.05) is 0 Å². The molecule has 0 bridgehead atoms. The Balaban J connectivity index is 3.00. The number of benzene rings is 1. The Kier molecular flexibility index (Phi) is 9.25. The lowest BCUT2D eigenvalue weighted by molar-refractivity contribution is 0.151. The number of carbonyl (C=O) groups is 1. The number of hydrogen-bond donors (Lipinski definition) is 0. The van der Waals surface area contributed by atoms with Crippen LogP contribution in [-0.2, 0) is 27.8 Å². The molecule has 0 aromatic heterocycles. The first-order valence-electron chi connectivity index (χ1n) is 10.3. The summed E-state index contributed by atoms with van der Waals surface area (Å²) in [6.07, 6.45) is 0. The molecule has 1 aromatic carbocycles. The van der Waals surface area contributed by atoms with Crippen molar-refractivity contribution >= 4 is 47.9 Å². The van der Waals surface area contributed by atoms with Gasteiger partial charge in [0.25, 0.3) is 0 Å². The van der Waals surface area contributed by atoms with Crippen LogP contribution in [0.2, 0.25) is 72.0 Å². The molecule has 0 aliphatic heterocycles. The second-order valence-corrected chi connectivity index (χ2v) is 30.1. The van der Waals surface area contributed by atoms with Gasteiger partial charge in [-0.25, -0.2) is 0 Å². The summed E-state index contributed by atoms with van der Waals surface area (Å²) in [5.41, 5.74) is 0.531. The van der Waals surface area contributed by atoms with Crippen LogP contribution in [-0.4, -0.2) is 47.9 Å². The Morgan fingerprint density at radius 3 is 1.60 bits per heavy atom. The lowest BCUT2D eigenvalue weighted by atomic mass is 10.2. The molecule has 1 unspecified atom stereocenters. The molecule has 30 heavy (non-hydrogen) atoms. The Labute approximate surface area is 188 Å². The smallest absolute Gasteiger partial charge is 0.440 e. The average Bonchev–Trinajstić information content (AvgIpc) is 2.47. The Morgan fingerprint density at radius 2 is 1.13 bits per heavy atom. The largest absolute Gasteiger partial charge is 0.461 e. The zero-order valence-electron chi connectivity index (χ0n) is 20.5. The highest BCUT2D eigenvalue weighted by Crippen LogP contribution is 2.27. The van der Waals surface area contributed by atoms with Gasteiger partial charge in [0.2, 0.25) is 0 Å². The molecule has 0 saturated carbocycles. The molecular weight excluding hydrogens is 465 g/mol. The number of hydrogen-bond acceptors (Lipinski definition) is 6. The van der Waals surface area contributed by atoms with E-state index < -0.39 is 47.9 Å². The standard InChI is InChI=1S/C19H40O6Si5/c1-26(2,3)22-28(7,8)24-29(9,10)25-30(11,23-27(4,5)6)19(20)21-17-18-15-13-12-14-16-18/h12-16H,17H2,1-11H3. The van der Waals surface area contributed by atoms with Crippen molar-refractivity contribution in [2.24, 2.45) is 0 Å². The molecule has 0 aliphatic carbocycles. The summed E-state index contributed by atoms with van der Waals surface area (Å²) < 4.78 is 31.2. The normalized spacial score (nSPS) is 15.6. The van der Waals surface area contributed by atoms with Gasteiger partial charge in [-0.15, -0.1) is 0 Å². The van der Waals surface area contributed by atoms with Crippen LogP contribution in [0.3, 0.4) is 0 Å². The highest BCUT2D eigenvalue weighted by molar-refractivity contribution is 7.03. The molecule has 0 saturated heterocycles. The predicted octanol–water partition coefficient (Wildman–Crippen LogP) is 6.12. The summed E-state index contributed by atoms with van der Waals surface area (Å²) in [6.45, 7) is 22.6. The van der Waals surface area contributed by atoms with Crippen molar-refractivity contribution in [1.82, 2.24) is 0 Å². The summed E-state index contributed by atoms with van der Waals surface area (Å²) in [5, 5.41) is 0. The summed E-state index contributed by atoms with van der Waals surface area (Å²) >= 11 is 0. The van der Waals surface area contributed by atoms with Crippen LogP contribution in [0.5, 0.6) is 0 Å². The summed E-state index contributed by atoms with van der Waals surface area (Å²) in [5.74, 6) is 0. The van der Waals surface area contributed by atoms with Crippen LogP contribution in [0.1, 0.15) is 5.56 Å². The Hall–Kier alpha value is -0.386. The van der Waals surface area contributed by atoms with E-state index in [2.05, 4.69) is 39.3 Å². The number of rotatable bonds is 11. The van der Waals surface area contributed by atoms with Gasteiger partial charge in [-0.3, -0.25) is 4.79 Å². The van der Waals surface area contributed by atoms with E-state index in [1.165, 1.54) is 0 Å². The monoisotopic (exact) mass is 504 g/mol. The topological polar surface area (TPSA) is 63.2 Å². The predicted molar refractivity (Wildman–Crippen MR) is 134 cm³/mol. The van der Waals surface area contributed by atoms with E-state index in [1.807, 2.05) is 56.5 Å². The molecule has 0 fully saturated rings. The molecule has 0 spiro atoms. The molecule has 172 valence electrons. The van der Waals surface area contributed by atoms with Crippen molar-refractivity contribution in [2.45, 2.75) is 78.6 Å². The lowest BCUT2D eigenvalue weighted by Crippen LogP contribution is -2.62. The van der Waals surface area contributed by atoms with Gasteiger partial charge in [0.15, 0.2) is 16.6 Å². The highest BCUT2D eigenvalue weighted by atomic mass is 28.5. The molecule has 0 aliphatic rings. The van der Waals surface area contributed by atoms with Gasteiger partial charge >= 0.3 is 31.3 Å². The maximum atomic E-state index is 13.2. The third kappa shape index (κ3) is 10.8. The van der Waals surface area contributed by atoms with Crippen LogP contribution in [0.4, 0.5) is 4.79 Å². The molecule has 0 radical (unpaired) electrons. The van der Waals surface area contributed by atoms with Crippen molar-refractivity contribution in [3.8, 4) is 0 Å². The molecule has 1 atom stereocenters. The van der Waals surface area contributed by atoms with Gasteiger partial charge in [-0.05, 0) is 77.6 Å². The molecular formula is C19H40O6Si5. The first-order valence-corrected chi connectivity index (χ1v) is 25.1. The molecule has 0 amide bonds. The van der Waals surface area contributed by atoms with Gasteiger partial charge in [0.1, 0.15) is 6.61 Å². The van der Waals surface area contributed by atoms with E-state index in [0.29, 0.717) is 0 Å². The molecule has 1 rings (SSSR count). The maximum absolute atomic E-state index is 13.2. The zero-order chi connectivity index (χ0) is 23.4. The van der Waals surface area contributed by atoms with Crippen LogP contribution in [0.15, 0.2) is 30.3 Å². The fourth-order valence-electron chi connectivity index (χ4n) is 3.38. The van der Waals surface area contributed by atoms with Crippen LogP contribution in [0.25, 0.3) is 0 Å². The Bertz CT molecular complexity index is 700. The quantitative estimate of drug-likeness (QED) is 0.338. The van der Waals surface area contributed by atoms with Gasteiger partial charge in [-0.2, -0.15) is 0 Å². The molecule has 1 aromatic rings. The van der Waals surface area contributed by atoms with Crippen LogP contribution < -0.4 is 0 Å². The third-order valence-corrected chi connectivity index (χ3v) is 20.3. The van der Waals surface area contributed by atoms with Crippen molar-refractivity contribution < 1.29 is 26.0 Å². The minimum Gasteiger partial charge on any atom is -0.461 e. The van der Waals surface area contributed by atoms with E-state index >= 15 is 0 Å². The lowest BCUT2D eigenvalue weighted by Gasteiger charge is -2.41. The van der Waals surface area contributed by atoms with Gasteiger partial charge in [0, 0.05) is 0 Å². The van der Waals surface area contributed by atoms with E-state index in [0.717, 1.165) is 5.56 Å². The number of ether oxygens (including phenoxy) is 1. The van der Waals surface area contributed by atoms with E-state index in [9.17, 15) is 4.79 Å². The molecule has 0 N–H and O–H groups in total. The summed E-state index contributed by atoms with van der Waals surface area (Å²) in [6, 6.07) is 9.63. The van der Waals surface area contributed by atoms with Crippen molar-refractivity contribution in [3.05, 3.63) is 35.9 Å². The maximum Gasteiger partial charge on any atom is 0.440 e. The fraction of sp³-hybridized carbons (Fsp3) is 0.632. The van der Waals surface area contributed by atoms with Crippen LogP contribution >= 0.6 is 0 Å². The van der Waals surface area contributed by atoms with Crippen LogP contribution in [0, 0.1) is 0 Å². The first kappa shape index (κ1) is 27.6. The summed E-state index contributed by atoms with van der Waals surface area (Å²) in [4.78, 5) is 13.2. The first-order chi connectivity index (χ1) is 13.3. The minimum absolute atomic E-state index is 0.197. The SMILES string of the molecule is C[Si](C)(C)O[Si](C)(C)O[Si](C)(C)O[Si](C)(O[Si](C)(C)C)C(=O)OCc1ccccc1. The zero-order valence-corrected chi connectivity index (χ0v) is 25.5. The van der Waals surface area contributed by atoms with Gasteiger partial charge < -0.3 is 21.2 Å². The minimum atomic E-state index is -3.32. The van der Waals surface area contributed by atoms with Gasteiger partial charge in [0.05, 0.1) is 0 Å². The fourth-order valence-corrected chi connectivity index (χ4v) is 25.1. The Morgan fingerprint density at radius 1 is 0.667 bits per heavy atom. The molecule has 0 heterocycles. The number of carbonyl (C=O) groups excluding carboxylic acids is 1. The van der Waals surface area contributed by atoms with E-state index in [1.54, 1.807) is 6.55 Å². The van der Waals surface area contributed by atoms with Crippen molar-refractivity contribution in [3.63, 3.8) is 0 Å². The average molecular weight is 505 g/mol. The second kappa shape index (κ2) is 10.0. The van der Waals surface area contributed by atoms with Crippen molar-refractivity contribution in [1.29, 1.82) is 0 Å². The highest BCUT2D eigenvalue weighted by Gasteiger charge is 2.52. The van der Waals surface area contributed by atoms with E-state index in [4.69, 9.17) is 21.2 Å². The van der Waals surface area contributed by atoms with Gasteiger partial charge in [-0.1, -0.05) is 30.3 Å². The second-order valence-electron chi connectivity index (χ2n) is 10.4. The van der Waals surface area contributed by atoms with E-state index in [-0.39, 0.29) is 6.61 Å². The third-order valence-electron chi connectivity index (χ3n) is 3.57.